The van der Waals surface area contributed by atoms with Gasteiger partial charge in [-0.25, -0.2) is 4.79 Å². The number of hydrogen-bond donors (Lipinski definition) is 2. The third-order valence-corrected chi connectivity index (χ3v) is 2.49. The maximum atomic E-state index is 11.1. The number of hydrogen-bond acceptors (Lipinski definition) is 3. The molecule has 0 saturated heterocycles. The van der Waals surface area contributed by atoms with Gasteiger partial charge in [-0.3, -0.25) is 4.79 Å². The zero-order valence-corrected chi connectivity index (χ0v) is 11.2. The summed E-state index contributed by atoms with van der Waals surface area (Å²) in [6, 6.07) is 6.34. The molecule has 0 bridgehead atoms. The van der Waals surface area contributed by atoms with E-state index >= 15 is 0 Å². The number of nitrogens with one attached hydrogen (secondary N) is 1. The molecule has 19 heavy (non-hydrogen) atoms. The Balaban J connectivity index is 2.73. The first-order valence-electron chi connectivity index (χ1n) is 6.24. The standard InChI is InChI=1S/C14H19NO4/c1-3-7-19-12-6-4-5-11(8-12)9-13(14(17)18)15-10(2)16/h4-6,8,13H,3,7,9H2,1-2H3,(H,15,16)(H,17,18). The summed E-state index contributed by atoms with van der Waals surface area (Å²) in [6.07, 6.45) is 1.14. The number of benzene rings is 1. The lowest BCUT2D eigenvalue weighted by atomic mass is 10.1. The van der Waals surface area contributed by atoms with Crippen LogP contribution >= 0.6 is 0 Å². The van der Waals surface area contributed by atoms with E-state index in [9.17, 15) is 9.59 Å². The second-order valence-electron chi connectivity index (χ2n) is 4.29. The van der Waals surface area contributed by atoms with Gasteiger partial charge in [0, 0.05) is 13.3 Å². The van der Waals surface area contributed by atoms with E-state index in [-0.39, 0.29) is 12.3 Å². The molecule has 1 aromatic rings. The molecule has 5 nitrogen and oxygen atoms in total. The first-order valence-corrected chi connectivity index (χ1v) is 6.24. The van der Waals surface area contributed by atoms with Gasteiger partial charge in [-0.05, 0) is 24.1 Å². The number of carbonyl (C=O) groups is 2. The molecular weight excluding hydrogens is 246 g/mol. The number of carboxylic acids is 1. The third kappa shape index (κ3) is 5.42. The van der Waals surface area contributed by atoms with Gasteiger partial charge in [0.1, 0.15) is 11.8 Å². The van der Waals surface area contributed by atoms with Crippen molar-refractivity contribution in [3.8, 4) is 5.75 Å². The van der Waals surface area contributed by atoms with Crippen LogP contribution in [0.25, 0.3) is 0 Å². The number of aliphatic carboxylic acids is 1. The van der Waals surface area contributed by atoms with E-state index in [1.54, 1.807) is 6.07 Å². The summed E-state index contributed by atoms with van der Waals surface area (Å²) < 4.78 is 5.48. The fourth-order valence-corrected chi connectivity index (χ4v) is 1.66. The molecule has 0 spiro atoms. The molecule has 0 fully saturated rings. The van der Waals surface area contributed by atoms with Crippen molar-refractivity contribution in [2.45, 2.75) is 32.7 Å². The van der Waals surface area contributed by atoms with Crippen LogP contribution in [0.4, 0.5) is 0 Å². The Kier molecular flexibility index (Phi) is 5.85. The van der Waals surface area contributed by atoms with Gasteiger partial charge < -0.3 is 15.2 Å². The predicted octanol–water partition coefficient (Wildman–Crippen LogP) is 1.61. The molecule has 0 aliphatic carbocycles. The molecule has 0 aromatic heterocycles. The van der Waals surface area contributed by atoms with E-state index in [2.05, 4.69) is 5.32 Å². The summed E-state index contributed by atoms with van der Waals surface area (Å²) >= 11 is 0. The van der Waals surface area contributed by atoms with Crippen molar-refractivity contribution >= 4 is 11.9 Å². The summed E-state index contributed by atoms with van der Waals surface area (Å²) in [5.41, 5.74) is 0.815. The summed E-state index contributed by atoms with van der Waals surface area (Å²) in [4.78, 5) is 22.0. The SMILES string of the molecule is CCCOc1cccc(CC(NC(C)=O)C(=O)O)c1. The van der Waals surface area contributed by atoms with Gasteiger partial charge in [0.15, 0.2) is 0 Å². The summed E-state index contributed by atoms with van der Waals surface area (Å²) in [5.74, 6) is -0.688. The van der Waals surface area contributed by atoms with Crippen molar-refractivity contribution in [1.29, 1.82) is 0 Å². The average Bonchev–Trinajstić information content (AvgIpc) is 2.35. The van der Waals surface area contributed by atoms with Crippen LogP contribution in [0.2, 0.25) is 0 Å². The molecule has 1 amide bonds. The first-order chi connectivity index (χ1) is 9.02. The molecule has 0 radical (unpaired) electrons. The van der Waals surface area contributed by atoms with Gasteiger partial charge in [0.25, 0.3) is 0 Å². The van der Waals surface area contributed by atoms with E-state index in [0.29, 0.717) is 12.4 Å². The Hall–Kier alpha value is -2.04. The zero-order valence-electron chi connectivity index (χ0n) is 11.2. The Bertz CT molecular complexity index is 445. The Morgan fingerprint density at radius 3 is 2.74 bits per heavy atom. The Morgan fingerprint density at radius 2 is 2.16 bits per heavy atom. The van der Waals surface area contributed by atoms with Crippen molar-refractivity contribution in [2.24, 2.45) is 0 Å². The van der Waals surface area contributed by atoms with Crippen LogP contribution in [0.15, 0.2) is 24.3 Å². The highest BCUT2D eigenvalue weighted by Gasteiger charge is 2.18. The molecule has 104 valence electrons. The molecule has 1 rings (SSSR count). The first kappa shape index (κ1) is 15.0. The Labute approximate surface area is 112 Å². The maximum absolute atomic E-state index is 11.1. The number of carboxylic acid groups (broad SMARTS) is 1. The van der Waals surface area contributed by atoms with Gasteiger partial charge >= 0.3 is 5.97 Å². The van der Waals surface area contributed by atoms with Crippen molar-refractivity contribution in [3.05, 3.63) is 29.8 Å². The number of amides is 1. The van der Waals surface area contributed by atoms with E-state index in [0.717, 1.165) is 12.0 Å². The highest BCUT2D eigenvalue weighted by molar-refractivity contribution is 5.82. The van der Waals surface area contributed by atoms with Crippen LogP contribution in [0.1, 0.15) is 25.8 Å². The minimum Gasteiger partial charge on any atom is -0.494 e. The van der Waals surface area contributed by atoms with Gasteiger partial charge in [-0.1, -0.05) is 19.1 Å². The Morgan fingerprint density at radius 1 is 1.42 bits per heavy atom. The fraction of sp³-hybridized carbons (Fsp3) is 0.429. The maximum Gasteiger partial charge on any atom is 0.326 e. The molecule has 0 aliphatic rings. The monoisotopic (exact) mass is 265 g/mol. The molecule has 0 saturated carbocycles. The van der Waals surface area contributed by atoms with E-state index in [4.69, 9.17) is 9.84 Å². The summed E-state index contributed by atoms with van der Waals surface area (Å²) in [7, 11) is 0. The quantitative estimate of drug-likeness (QED) is 0.785. The van der Waals surface area contributed by atoms with E-state index in [1.165, 1.54) is 6.92 Å². The minimum atomic E-state index is -1.05. The van der Waals surface area contributed by atoms with Crippen molar-refractivity contribution in [2.75, 3.05) is 6.61 Å². The highest BCUT2D eigenvalue weighted by Crippen LogP contribution is 2.15. The molecule has 1 aromatic carbocycles. The van der Waals surface area contributed by atoms with Gasteiger partial charge in [-0.2, -0.15) is 0 Å². The molecule has 0 heterocycles. The van der Waals surface area contributed by atoms with Crippen LogP contribution in [0, 0.1) is 0 Å². The fourth-order valence-electron chi connectivity index (χ4n) is 1.66. The van der Waals surface area contributed by atoms with Crippen LogP contribution in [-0.2, 0) is 16.0 Å². The average molecular weight is 265 g/mol. The smallest absolute Gasteiger partial charge is 0.326 e. The molecule has 0 aliphatic heterocycles. The normalized spacial score (nSPS) is 11.7. The molecule has 1 unspecified atom stereocenters. The van der Waals surface area contributed by atoms with E-state index < -0.39 is 12.0 Å². The van der Waals surface area contributed by atoms with E-state index in [1.807, 2.05) is 25.1 Å². The third-order valence-electron chi connectivity index (χ3n) is 2.49. The number of rotatable bonds is 7. The number of ether oxygens (including phenoxy) is 1. The van der Waals surface area contributed by atoms with Gasteiger partial charge in [0.2, 0.25) is 5.91 Å². The second kappa shape index (κ2) is 7.41. The zero-order chi connectivity index (χ0) is 14.3. The van der Waals surface area contributed by atoms with Gasteiger partial charge in [-0.15, -0.1) is 0 Å². The summed E-state index contributed by atoms with van der Waals surface area (Å²) in [5, 5.41) is 11.5. The molecule has 5 heteroatoms. The molecule has 2 N–H and O–H groups in total. The minimum absolute atomic E-state index is 0.234. The lowest BCUT2D eigenvalue weighted by Crippen LogP contribution is -2.41. The number of carbonyl (C=O) groups excluding carboxylic acids is 1. The van der Waals surface area contributed by atoms with Crippen LogP contribution in [0.5, 0.6) is 5.75 Å². The summed E-state index contributed by atoms with van der Waals surface area (Å²) in [6.45, 7) is 3.94. The largest absolute Gasteiger partial charge is 0.494 e. The van der Waals surface area contributed by atoms with Crippen LogP contribution in [-0.4, -0.2) is 29.6 Å². The van der Waals surface area contributed by atoms with Crippen LogP contribution < -0.4 is 10.1 Å². The van der Waals surface area contributed by atoms with Crippen molar-refractivity contribution in [3.63, 3.8) is 0 Å². The van der Waals surface area contributed by atoms with Crippen LogP contribution in [0.3, 0.4) is 0 Å². The molecular formula is C14H19NO4. The predicted molar refractivity (Wildman–Crippen MR) is 71.2 cm³/mol. The lowest BCUT2D eigenvalue weighted by Gasteiger charge is -2.14. The van der Waals surface area contributed by atoms with Crippen molar-refractivity contribution in [1.82, 2.24) is 5.32 Å². The van der Waals surface area contributed by atoms with Gasteiger partial charge in [0.05, 0.1) is 6.61 Å². The molecule has 1 atom stereocenters. The topological polar surface area (TPSA) is 75.6 Å². The highest BCUT2D eigenvalue weighted by atomic mass is 16.5. The second-order valence-corrected chi connectivity index (χ2v) is 4.29. The lowest BCUT2D eigenvalue weighted by molar-refractivity contribution is -0.141. The van der Waals surface area contributed by atoms with Crippen molar-refractivity contribution < 1.29 is 19.4 Å².